The molecule has 0 aliphatic heterocycles. The van der Waals surface area contributed by atoms with E-state index in [1.165, 1.54) is 4.85 Å². The molecule has 0 atom stereocenters. The van der Waals surface area contributed by atoms with Gasteiger partial charge in [-0.15, -0.1) is 19.1 Å². The Bertz CT molecular complexity index is 933. The zero-order chi connectivity index (χ0) is 27.2. The van der Waals surface area contributed by atoms with Gasteiger partial charge in [-0.3, -0.25) is 0 Å². The maximum Gasteiger partial charge on any atom is 0.519 e. The standard InChI is InChI=1S/C12H22N6OP.C10H18O5/c1-15(2)20(16(3)4,17(5)6)19-18-12-10-8-7-9-11(12)13-14-18;1-9(2,3)14-7(11)13-8(12)15-10(4,5)6/h7-10H,1-6H3;1-6H3/q+1;. The minimum atomic E-state index is -2.14. The zero-order valence-corrected chi connectivity index (χ0v) is 23.8. The van der Waals surface area contributed by atoms with E-state index in [9.17, 15) is 9.59 Å². The number of aromatic nitrogens is 3. The van der Waals surface area contributed by atoms with Gasteiger partial charge in [-0.1, -0.05) is 12.1 Å². The lowest BCUT2D eigenvalue weighted by Gasteiger charge is -2.35. The average molecular weight is 516 g/mol. The van der Waals surface area contributed by atoms with Crippen molar-refractivity contribution >= 4 is 31.3 Å². The highest BCUT2D eigenvalue weighted by molar-refractivity contribution is 7.64. The van der Waals surface area contributed by atoms with Crippen molar-refractivity contribution in [1.29, 1.82) is 0 Å². The Morgan fingerprint density at radius 3 is 1.63 bits per heavy atom. The predicted octanol–water partition coefficient (Wildman–Crippen LogP) is 4.10. The van der Waals surface area contributed by atoms with Gasteiger partial charge in [0.2, 0.25) is 0 Å². The molecule has 12 nitrogen and oxygen atoms in total. The highest BCUT2D eigenvalue weighted by Gasteiger charge is 2.54. The van der Waals surface area contributed by atoms with Crippen LogP contribution >= 0.6 is 7.94 Å². The molecule has 1 heterocycles. The molecule has 0 aliphatic carbocycles. The van der Waals surface area contributed by atoms with Crippen LogP contribution < -0.4 is 4.62 Å². The van der Waals surface area contributed by atoms with Gasteiger partial charge >= 0.3 is 20.3 Å². The lowest BCUT2D eigenvalue weighted by atomic mass is 10.2. The van der Waals surface area contributed by atoms with E-state index in [1.807, 2.05) is 66.6 Å². The monoisotopic (exact) mass is 515 g/mol. The fraction of sp³-hybridized carbons (Fsp3) is 0.636. The Kier molecular flexibility index (Phi) is 10.4. The van der Waals surface area contributed by atoms with Crippen molar-refractivity contribution in [2.45, 2.75) is 52.7 Å². The molecule has 0 N–H and O–H groups in total. The van der Waals surface area contributed by atoms with Gasteiger partial charge in [0, 0.05) is 42.3 Å². The van der Waals surface area contributed by atoms with Crippen LogP contribution in [-0.4, -0.2) is 95.0 Å². The smallest absolute Gasteiger partial charge is 0.428 e. The van der Waals surface area contributed by atoms with Gasteiger partial charge in [-0.05, 0) is 63.7 Å². The fourth-order valence-corrected chi connectivity index (χ4v) is 5.83. The van der Waals surface area contributed by atoms with E-state index in [1.54, 1.807) is 41.5 Å². The summed E-state index contributed by atoms with van der Waals surface area (Å²) >= 11 is 0. The first-order chi connectivity index (χ1) is 15.9. The Labute approximate surface area is 208 Å². The number of fused-ring (bicyclic) bond motifs is 1. The Balaban J connectivity index is 0.000000367. The molecule has 0 saturated carbocycles. The summed E-state index contributed by atoms with van der Waals surface area (Å²) < 4.78 is 26.3. The third kappa shape index (κ3) is 9.21. The zero-order valence-electron chi connectivity index (χ0n) is 22.9. The van der Waals surface area contributed by atoms with E-state index in [0.717, 1.165) is 11.0 Å². The molecule has 0 aliphatic rings. The molecular formula is C22H40N6O6P+. The minimum absolute atomic E-state index is 0.695. The van der Waals surface area contributed by atoms with Gasteiger partial charge in [0.25, 0.3) is 0 Å². The number of carbonyl (C=O) groups is 2. The Hall–Kier alpha value is -2.53. The van der Waals surface area contributed by atoms with Crippen molar-refractivity contribution in [3.05, 3.63) is 24.3 Å². The van der Waals surface area contributed by atoms with E-state index in [4.69, 9.17) is 14.1 Å². The summed E-state index contributed by atoms with van der Waals surface area (Å²) in [5.74, 6) is 0. The summed E-state index contributed by atoms with van der Waals surface area (Å²) in [4.78, 5) is 23.5. The molecular weight excluding hydrogens is 475 g/mol. The highest BCUT2D eigenvalue weighted by atomic mass is 31.2. The van der Waals surface area contributed by atoms with Crippen LogP contribution in [0.15, 0.2) is 24.3 Å². The number of para-hydroxylation sites is 1. The predicted molar refractivity (Wildman–Crippen MR) is 136 cm³/mol. The second-order valence-corrected chi connectivity index (χ2v) is 13.7. The molecule has 1 aromatic heterocycles. The van der Waals surface area contributed by atoms with Crippen molar-refractivity contribution in [1.82, 2.24) is 29.2 Å². The topological polar surface area (TPSA) is 111 Å². The largest absolute Gasteiger partial charge is 0.519 e. The van der Waals surface area contributed by atoms with Crippen molar-refractivity contribution in [2.75, 3.05) is 42.3 Å². The van der Waals surface area contributed by atoms with Gasteiger partial charge in [0.15, 0.2) is 0 Å². The van der Waals surface area contributed by atoms with Crippen LogP contribution in [0.25, 0.3) is 11.0 Å². The van der Waals surface area contributed by atoms with Crippen LogP contribution in [0, 0.1) is 0 Å². The minimum Gasteiger partial charge on any atom is -0.428 e. The number of carbonyl (C=O) groups excluding carboxylic acids is 2. The number of nitrogens with zero attached hydrogens (tertiary/aromatic N) is 6. The maximum absolute atomic E-state index is 11.0. The molecule has 0 radical (unpaired) electrons. The molecule has 1 aromatic carbocycles. The van der Waals surface area contributed by atoms with E-state index in [0.29, 0.717) is 0 Å². The normalized spacial score (nSPS) is 12.4. The molecule has 0 spiro atoms. The Morgan fingerprint density at radius 1 is 0.800 bits per heavy atom. The molecule has 0 unspecified atom stereocenters. The summed E-state index contributed by atoms with van der Waals surface area (Å²) in [5.41, 5.74) is 0.294. The summed E-state index contributed by atoms with van der Waals surface area (Å²) in [6.45, 7) is 10.0. The average Bonchev–Trinajstić information content (AvgIpc) is 3.05. The first-order valence-corrected chi connectivity index (χ1v) is 12.5. The van der Waals surface area contributed by atoms with E-state index in [-0.39, 0.29) is 0 Å². The van der Waals surface area contributed by atoms with E-state index < -0.39 is 31.5 Å². The third-order valence-electron chi connectivity index (χ3n) is 4.02. The van der Waals surface area contributed by atoms with Crippen molar-refractivity contribution in [3.8, 4) is 0 Å². The van der Waals surface area contributed by atoms with Crippen LogP contribution in [0.3, 0.4) is 0 Å². The van der Waals surface area contributed by atoms with Crippen LogP contribution in [0.4, 0.5) is 9.59 Å². The lowest BCUT2D eigenvalue weighted by Crippen LogP contribution is -2.42. The molecule has 0 saturated heterocycles. The van der Waals surface area contributed by atoms with Gasteiger partial charge in [-0.2, -0.15) is 4.62 Å². The van der Waals surface area contributed by atoms with Crippen molar-refractivity contribution < 1.29 is 28.4 Å². The van der Waals surface area contributed by atoms with Gasteiger partial charge < -0.3 is 14.2 Å². The van der Waals surface area contributed by atoms with E-state index in [2.05, 4.69) is 29.1 Å². The molecule has 13 heteroatoms. The molecule has 0 fully saturated rings. The summed E-state index contributed by atoms with van der Waals surface area (Å²) in [5, 5.41) is 8.25. The van der Waals surface area contributed by atoms with Crippen LogP contribution in [0.1, 0.15) is 41.5 Å². The maximum atomic E-state index is 11.0. The van der Waals surface area contributed by atoms with Gasteiger partial charge in [0.05, 0.1) is 0 Å². The molecule has 198 valence electrons. The molecule has 2 rings (SSSR count). The lowest BCUT2D eigenvalue weighted by molar-refractivity contribution is -0.0293. The molecule has 0 bridgehead atoms. The second kappa shape index (κ2) is 11.9. The van der Waals surface area contributed by atoms with Gasteiger partial charge in [-0.25, -0.2) is 9.59 Å². The number of ether oxygens (including phenoxy) is 3. The summed E-state index contributed by atoms with van der Waals surface area (Å²) in [7, 11) is 9.90. The Morgan fingerprint density at radius 2 is 1.23 bits per heavy atom. The number of hydrogen-bond acceptors (Lipinski definition) is 11. The molecule has 0 amide bonds. The summed E-state index contributed by atoms with van der Waals surface area (Å²) in [6, 6.07) is 7.76. The second-order valence-electron chi connectivity index (χ2n) is 10.1. The molecule has 35 heavy (non-hydrogen) atoms. The van der Waals surface area contributed by atoms with E-state index >= 15 is 0 Å². The SMILES string of the molecule is CC(C)(C)OC(=O)OC(=O)OC(C)(C)C.CN(C)[P+](On1nnc2ccccc21)(N(C)C)N(C)C. The van der Waals surface area contributed by atoms with Crippen LogP contribution in [0.5, 0.6) is 0 Å². The van der Waals surface area contributed by atoms with Crippen LogP contribution in [-0.2, 0) is 14.2 Å². The number of hydrogen-bond donors (Lipinski definition) is 0. The quantitative estimate of drug-likeness (QED) is 0.326. The highest BCUT2D eigenvalue weighted by Crippen LogP contribution is 2.61. The number of rotatable bonds is 5. The third-order valence-corrected chi connectivity index (χ3v) is 7.52. The van der Waals surface area contributed by atoms with Gasteiger partial charge in [0.1, 0.15) is 22.2 Å². The first-order valence-electron chi connectivity index (χ1n) is 11.0. The van der Waals surface area contributed by atoms with Crippen molar-refractivity contribution in [3.63, 3.8) is 0 Å². The number of benzene rings is 1. The summed E-state index contributed by atoms with van der Waals surface area (Å²) in [6.07, 6.45) is -2.12. The van der Waals surface area contributed by atoms with Crippen molar-refractivity contribution in [2.24, 2.45) is 0 Å². The van der Waals surface area contributed by atoms with Crippen LogP contribution in [0.2, 0.25) is 0 Å². The molecule has 2 aromatic rings. The first kappa shape index (κ1) is 30.5. The fourth-order valence-electron chi connectivity index (χ4n) is 2.91.